The highest BCUT2D eigenvalue weighted by atomic mass is 16.1. The van der Waals surface area contributed by atoms with Crippen molar-refractivity contribution in [3.63, 3.8) is 0 Å². The molecule has 0 radical (unpaired) electrons. The molecule has 2 heterocycles. The zero-order chi connectivity index (χ0) is 15.7. The van der Waals surface area contributed by atoms with Crippen LogP contribution >= 0.6 is 0 Å². The van der Waals surface area contributed by atoms with Gasteiger partial charge in [-0.15, -0.1) is 0 Å². The minimum atomic E-state index is 0.0215. The summed E-state index contributed by atoms with van der Waals surface area (Å²) in [6, 6.07) is 7.95. The van der Waals surface area contributed by atoms with Gasteiger partial charge in [-0.25, -0.2) is 4.98 Å². The van der Waals surface area contributed by atoms with Crippen molar-refractivity contribution < 1.29 is 0 Å². The summed E-state index contributed by atoms with van der Waals surface area (Å²) < 4.78 is 1.72. The van der Waals surface area contributed by atoms with Crippen molar-refractivity contribution in [2.24, 2.45) is 0 Å². The highest BCUT2D eigenvalue weighted by Gasteiger charge is 2.12. The largest absolute Gasteiger partial charge is 0.296 e. The van der Waals surface area contributed by atoms with Crippen molar-refractivity contribution in [2.45, 2.75) is 33.2 Å². The summed E-state index contributed by atoms with van der Waals surface area (Å²) in [6.07, 6.45) is 6.01. The first-order valence-corrected chi connectivity index (χ1v) is 7.43. The number of rotatable bonds is 3. The number of fused-ring (bicyclic) bond motifs is 1. The van der Waals surface area contributed by atoms with Gasteiger partial charge in [-0.1, -0.05) is 12.1 Å². The summed E-state index contributed by atoms with van der Waals surface area (Å²) >= 11 is 0. The van der Waals surface area contributed by atoms with Gasteiger partial charge in [0.05, 0.1) is 17.2 Å². The van der Waals surface area contributed by atoms with Crippen molar-refractivity contribution in [1.82, 2.24) is 14.5 Å². The number of benzene rings is 1. The van der Waals surface area contributed by atoms with Gasteiger partial charge in [0.1, 0.15) is 0 Å². The number of nitrogens with zero attached hydrogens (tertiary/aromatic N) is 3. The summed E-state index contributed by atoms with van der Waals surface area (Å²) in [5.74, 6) is 0. The van der Waals surface area contributed by atoms with Gasteiger partial charge in [-0.05, 0) is 56.0 Å². The Morgan fingerprint density at radius 2 is 2.09 bits per heavy atom. The van der Waals surface area contributed by atoms with Gasteiger partial charge in [0.25, 0.3) is 5.56 Å². The molecule has 0 aliphatic heterocycles. The molecule has 1 atom stereocenters. The maximum Gasteiger partial charge on any atom is 0.261 e. The second-order valence-electron chi connectivity index (χ2n) is 5.85. The molecule has 0 saturated heterocycles. The van der Waals surface area contributed by atoms with Crippen LogP contribution in [0.5, 0.6) is 0 Å². The van der Waals surface area contributed by atoms with E-state index in [0.717, 1.165) is 28.6 Å². The molecular formula is C18H19N3O. The van der Waals surface area contributed by atoms with Crippen LogP contribution in [-0.4, -0.2) is 14.5 Å². The summed E-state index contributed by atoms with van der Waals surface area (Å²) in [6.45, 7) is 6.03. The Morgan fingerprint density at radius 1 is 1.27 bits per heavy atom. The van der Waals surface area contributed by atoms with Gasteiger partial charge >= 0.3 is 0 Å². The molecule has 0 aliphatic rings. The monoisotopic (exact) mass is 293 g/mol. The number of aryl methyl sites for hydroxylation is 2. The van der Waals surface area contributed by atoms with Gasteiger partial charge in [-0.3, -0.25) is 14.3 Å². The zero-order valence-electron chi connectivity index (χ0n) is 13.1. The summed E-state index contributed by atoms with van der Waals surface area (Å²) in [4.78, 5) is 21.4. The van der Waals surface area contributed by atoms with E-state index in [-0.39, 0.29) is 11.6 Å². The molecule has 2 aromatic heterocycles. The standard InChI is InChI=1S/C18H19N3O/c1-12-7-13(2)17-16(8-12)18(22)21(11-20-17)14(3)9-15-5-4-6-19-10-15/h4-8,10-11,14H,9H2,1-3H3/t14-/m1/s1. The van der Waals surface area contributed by atoms with Crippen molar-refractivity contribution in [2.75, 3.05) is 0 Å². The number of pyridine rings is 1. The SMILES string of the molecule is Cc1cc(C)c2ncn([C@H](C)Cc3cccnc3)c(=O)c2c1. The van der Waals surface area contributed by atoms with Crippen molar-refractivity contribution in [3.05, 3.63) is 70.0 Å². The molecule has 112 valence electrons. The zero-order valence-corrected chi connectivity index (χ0v) is 13.1. The van der Waals surface area contributed by atoms with Crippen LogP contribution in [0.15, 0.2) is 47.8 Å². The average molecular weight is 293 g/mol. The van der Waals surface area contributed by atoms with Crippen LogP contribution in [0.3, 0.4) is 0 Å². The van der Waals surface area contributed by atoms with Crippen LogP contribution in [0.1, 0.15) is 29.7 Å². The lowest BCUT2D eigenvalue weighted by molar-refractivity contribution is 0.522. The Labute approximate surface area is 129 Å². The van der Waals surface area contributed by atoms with Gasteiger partial charge in [0.2, 0.25) is 0 Å². The smallest absolute Gasteiger partial charge is 0.261 e. The molecule has 0 saturated carbocycles. The lowest BCUT2D eigenvalue weighted by Gasteiger charge is -2.16. The fourth-order valence-electron chi connectivity index (χ4n) is 2.88. The molecule has 0 aliphatic carbocycles. The third-order valence-corrected chi connectivity index (χ3v) is 3.95. The second-order valence-corrected chi connectivity index (χ2v) is 5.85. The molecule has 3 aromatic rings. The fraction of sp³-hybridized carbons (Fsp3) is 0.278. The van der Waals surface area contributed by atoms with Gasteiger partial charge in [0.15, 0.2) is 0 Å². The highest BCUT2D eigenvalue weighted by molar-refractivity contribution is 5.81. The molecule has 3 rings (SSSR count). The topological polar surface area (TPSA) is 47.8 Å². The molecule has 4 heteroatoms. The Bertz CT molecular complexity index is 869. The van der Waals surface area contributed by atoms with Crippen LogP contribution in [0.4, 0.5) is 0 Å². The van der Waals surface area contributed by atoms with E-state index in [4.69, 9.17) is 0 Å². The number of hydrogen-bond donors (Lipinski definition) is 0. The fourth-order valence-corrected chi connectivity index (χ4v) is 2.88. The average Bonchev–Trinajstić information content (AvgIpc) is 2.49. The van der Waals surface area contributed by atoms with Crippen molar-refractivity contribution in [1.29, 1.82) is 0 Å². The maximum absolute atomic E-state index is 12.8. The van der Waals surface area contributed by atoms with Crippen LogP contribution in [-0.2, 0) is 6.42 Å². The molecule has 0 unspecified atom stereocenters. The molecule has 22 heavy (non-hydrogen) atoms. The first-order valence-electron chi connectivity index (χ1n) is 7.43. The molecule has 0 spiro atoms. The molecule has 4 nitrogen and oxygen atoms in total. The summed E-state index contributed by atoms with van der Waals surface area (Å²) in [5.41, 5.74) is 4.05. The minimum Gasteiger partial charge on any atom is -0.296 e. The lowest BCUT2D eigenvalue weighted by Crippen LogP contribution is -2.25. The van der Waals surface area contributed by atoms with Crippen LogP contribution in [0.25, 0.3) is 10.9 Å². The second kappa shape index (κ2) is 5.72. The third-order valence-electron chi connectivity index (χ3n) is 3.95. The van der Waals surface area contributed by atoms with E-state index in [0.29, 0.717) is 5.39 Å². The van der Waals surface area contributed by atoms with E-state index in [1.54, 1.807) is 17.1 Å². The van der Waals surface area contributed by atoms with E-state index in [1.807, 2.05) is 45.2 Å². The molecule has 0 N–H and O–H groups in total. The molecule has 0 bridgehead atoms. The summed E-state index contributed by atoms with van der Waals surface area (Å²) in [5, 5.41) is 0.693. The third kappa shape index (κ3) is 2.64. The molecule has 0 amide bonds. The number of aromatic nitrogens is 3. The van der Waals surface area contributed by atoms with E-state index in [9.17, 15) is 4.79 Å². The van der Waals surface area contributed by atoms with E-state index >= 15 is 0 Å². The van der Waals surface area contributed by atoms with Gasteiger partial charge in [-0.2, -0.15) is 0 Å². The van der Waals surface area contributed by atoms with Crippen LogP contribution < -0.4 is 5.56 Å². The van der Waals surface area contributed by atoms with Crippen molar-refractivity contribution in [3.8, 4) is 0 Å². The maximum atomic E-state index is 12.8. The van der Waals surface area contributed by atoms with E-state index < -0.39 is 0 Å². The highest BCUT2D eigenvalue weighted by Crippen LogP contribution is 2.17. The Hall–Kier alpha value is -2.49. The first kappa shape index (κ1) is 14.4. The normalized spacial score (nSPS) is 12.5. The molecule has 1 aromatic carbocycles. The Balaban J connectivity index is 2.04. The van der Waals surface area contributed by atoms with Gasteiger partial charge in [0, 0.05) is 18.4 Å². The molecular weight excluding hydrogens is 274 g/mol. The van der Waals surface area contributed by atoms with Crippen molar-refractivity contribution >= 4 is 10.9 Å². The predicted molar refractivity (Wildman–Crippen MR) is 88.1 cm³/mol. The molecule has 0 fully saturated rings. The quantitative estimate of drug-likeness (QED) is 0.745. The van der Waals surface area contributed by atoms with Gasteiger partial charge < -0.3 is 0 Å². The predicted octanol–water partition coefficient (Wildman–Crippen LogP) is 3.21. The van der Waals surface area contributed by atoms with Crippen LogP contribution in [0, 0.1) is 13.8 Å². The minimum absolute atomic E-state index is 0.0215. The Kier molecular flexibility index (Phi) is 3.75. The van der Waals surface area contributed by atoms with E-state index in [2.05, 4.69) is 16.0 Å². The van der Waals surface area contributed by atoms with E-state index in [1.165, 1.54) is 0 Å². The Morgan fingerprint density at radius 3 is 2.82 bits per heavy atom. The van der Waals surface area contributed by atoms with Crippen LogP contribution in [0.2, 0.25) is 0 Å². The number of hydrogen-bond acceptors (Lipinski definition) is 3. The first-order chi connectivity index (χ1) is 10.6. The summed E-state index contributed by atoms with van der Waals surface area (Å²) in [7, 11) is 0. The lowest BCUT2D eigenvalue weighted by atomic mass is 10.1.